The molecule has 0 saturated heterocycles. The van der Waals surface area contributed by atoms with Crippen molar-refractivity contribution in [3.05, 3.63) is 0 Å². The van der Waals surface area contributed by atoms with E-state index in [2.05, 4.69) is 16.9 Å². The van der Waals surface area contributed by atoms with Crippen molar-refractivity contribution in [1.29, 1.82) is 0 Å². The molecule has 1 saturated carbocycles. The molecule has 1 amide bonds. The first-order chi connectivity index (χ1) is 7.24. The Morgan fingerprint density at radius 3 is 2.73 bits per heavy atom. The lowest BCUT2D eigenvalue weighted by Gasteiger charge is -2.17. The molecule has 0 heterocycles. The third-order valence-electron chi connectivity index (χ3n) is 2.85. The first-order valence-corrected chi connectivity index (χ1v) is 7.16. The molecule has 88 valence electrons. The van der Waals surface area contributed by atoms with Crippen LogP contribution in [0.5, 0.6) is 0 Å². The summed E-state index contributed by atoms with van der Waals surface area (Å²) in [5.74, 6) is 1.21. The van der Waals surface area contributed by atoms with Crippen LogP contribution in [0.15, 0.2) is 0 Å². The Kier molecular flexibility index (Phi) is 6.10. The Morgan fingerprint density at radius 1 is 1.47 bits per heavy atom. The van der Waals surface area contributed by atoms with Gasteiger partial charge in [0.1, 0.15) is 0 Å². The topological polar surface area (TPSA) is 41.1 Å². The average Bonchev–Trinajstić information content (AvgIpc) is 2.70. The van der Waals surface area contributed by atoms with Crippen LogP contribution in [0.2, 0.25) is 0 Å². The van der Waals surface area contributed by atoms with Gasteiger partial charge in [-0.2, -0.15) is 11.8 Å². The number of carbonyl (C=O) groups excluding carboxylic acids is 1. The minimum Gasteiger partial charge on any atom is -0.352 e. The van der Waals surface area contributed by atoms with Crippen molar-refractivity contribution < 1.29 is 4.79 Å². The molecule has 1 rings (SSSR count). The zero-order valence-corrected chi connectivity index (χ0v) is 10.5. The fraction of sp³-hybridized carbons (Fsp3) is 0.909. The molecule has 0 bridgehead atoms. The van der Waals surface area contributed by atoms with Crippen LogP contribution in [0, 0.1) is 0 Å². The van der Waals surface area contributed by atoms with Gasteiger partial charge in [-0.1, -0.05) is 12.8 Å². The van der Waals surface area contributed by atoms with Crippen molar-refractivity contribution in [1.82, 2.24) is 10.6 Å². The van der Waals surface area contributed by atoms with Gasteiger partial charge in [-0.05, 0) is 26.0 Å². The summed E-state index contributed by atoms with van der Waals surface area (Å²) < 4.78 is 0. The molecule has 0 aliphatic heterocycles. The summed E-state index contributed by atoms with van der Waals surface area (Å²) in [7, 11) is 0. The quantitative estimate of drug-likeness (QED) is 0.678. The smallest absolute Gasteiger partial charge is 0.237 e. The third kappa shape index (κ3) is 4.89. The van der Waals surface area contributed by atoms with Crippen LogP contribution >= 0.6 is 11.8 Å². The lowest BCUT2D eigenvalue weighted by Crippen LogP contribution is -2.46. The molecule has 0 spiro atoms. The van der Waals surface area contributed by atoms with Crippen molar-refractivity contribution >= 4 is 17.7 Å². The summed E-state index contributed by atoms with van der Waals surface area (Å²) in [5, 5.41) is 6.32. The van der Waals surface area contributed by atoms with Crippen LogP contribution in [0.4, 0.5) is 0 Å². The highest BCUT2D eigenvalue weighted by Crippen LogP contribution is 2.17. The van der Waals surface area contributed by atoms with Gasteiger partial charge in [0.05, 0.1) is 6.04 Å². The van der Waals surface area contributed by atoms with Crippen LogP contribution in [0.1, 0.15) is 32.6 Å². The highest BCUT2D eigenvalue weighted by atomic mass is 32.2. The number of amides is 1. The van der Waals surface area contributed by atoms with Crippen LogP contribution in [0.3, 0.4) is 0 Å². The highest BCUT2D eigenvalue weighted by Gasteiger charge is 2.19. The summed E-state index contributed by atoms with van der Waals surface area (Å²) >= 11 is 1.79. The van der Waals surface area contributed by atoms with Gasteiger partial charge in [0.15, 0.2) is 0 Å². The Morgan fingerprint density at radius 2 is 2.13 bits per heavy atom. The van der Waals surface area contributed by atoms with Crippen molar-refractivity contribution in [2.75, 3.05) is 18.6 Å². The number of hydrogen-bond donors (Lipinski definition) is 2. The minimum atomic E-state index is -0.0576. The predicted octanol–water partition coefficient (Wildman–Crippen LogP) is 1.39. The second-order valence-corrected chi connectivity index (χ2v) is 5.14. The van der Waals surface area contributed by atoms with E-state index in [0.717, 1.165) is 25.1 Å². The van der Waals surface area contributed by atoms with Crippen molar-refractivity contribution in [3.63, 3.8) is 0 Å². The van der Waals surface area contributed by atoms with Crippen molar-refractivity contribution in [2.24, 2.45) is 0 Å². The Bertz CT molecular complexity index is 193. The fourth-order valence-electron chi connectivity index (χ4n) is 1.87. The predicted molar refractivity (Wildman–Crippen MR) is 66.2 cm³/mol. The summed E-state index contributed by atoms with van der Waals surface area (Å²) in [6.45, 7) is 2.84. The van der Waals surface area contributed by atoms with Gasteiger partial charge < -0.3 is 10.6 Å². The van der Waals surface area contributed by atoms with E-state index in [4.69, 9.17) is 0 Å². The van der Waals surface area contributed by atoms with E-state index in [1.807, 2.05) is 6.92 Å². The zero-order valence-electron chi connectivity index (χ0n) is 9.71. The van der Waals surface area contributed by atoms with Crippen LogP contribution in [-0.4, -0.2) is 36.5 Å². The molecular weight excluding hydrogens is 208 g/mol. The Balaban J connectivity index is 2.14. The van der Waals surface area contributed by atoms with Gasteiger partial charge in [-0.3, -0.25) is 4.79 Å². The lowest BCUT2D eigenvalue weighted by atomic mass is 10.2. The van der Waals surface area contributed by atoms with E-state index in [-0.39, 0.29) is 11.9 Å². The molecular formula is C11H22N2OS. The maximum atomic E-state index is 11.7. The number of rotatable bonds is 6. The SMILES string of the molecule is CSCCNC(C)C(=O)NC1CCCC1. The van der Waals surface area contributed by atoms with Crippen molar-refractivity contribution in [2.45, 2.75) is 44.7 Å². The molecule has 15 heavy (non-hydrogen) atoms. The first kappa shape index (κ1) is 12.8. The van der Waals surface area contributed by atoms with E-state index in [9.17, 15) is 4.79 Å². The molecule has 4 heteroatoms. The van der Waals surface area contributed by atoms with Crippen LogP contribution < -0.4 is 10.6 Å². The van der Waals surface area contributed by atoms with Crippen LogP contribution in [-0.2, 0) is 4.79 Å². The van der Waals surface area contributed by atoms with Gasteiger partial charge in [-0.25, -0.2) is 0 Å². The summed E-state index contributed by atoms with van der Waals surface area (Å²) in [6, 6.07) is 0.375. The van der Waals surface area contributed by atoms with Crippen LogP contribution in [0.25, 0.3) is 0 Å². The Labute approximate surface area is 96.8 Å². The highest BCUT2D eigenvalue weighted by molar-refractivity contribution is 7.98. The zero-order chi connectivity index (χ0) is 11.1. The maximum Gasteiger partial charge on any atom is 0.237 e. The molecule has 1 unspecified atom stereocenters. The largest absolute Gasteiger partial charge is 0.352 e. The minimum absolute atomic E-state index is 0.0576. The van der Waals surface area contributed by atoms with Gasteiger partial charge in [-0.15, -0.1) is 0 Å². The van der Waals surface area contributed by atoms with E-state index in [1.54, 1.807) is 11.8 Å². The van der Waals surface area contributed by atoms with E-state index in [0.29, 0.717) is 6.04 Å². The second kappa shape index (κ2) is 7.12. The number of carbonyl (C=O) groups is 1. The Hall–Kier alpha value is -0.220. The maximum absolute atomic E-state index is 11.7. The fourth-order valence-corrected chi connectivity index (χ4v) is 2.19. The summed E-state index contributed by atoms with van der Waals surface area (Å²) in [4.78, 5) is 11.7. The molecule has 1 aliphatic carbocycles. The van der Waals surface area contributed by atoms with E-state index < -0.39 is 0 Å². The number of hydrogen-bond acceptors (Lipinski definition) is 3. The monoisotopic (exact) mass is 230 g/mol. The molecule has 0 aromatic heterocycles. The molecule has 0 aromatic rings. The van der Waals surface area contributed by atoms with E-state index in [1.165, 1.54) is 12.8 Å². The van der Waals surface area contributed by atoms with Gasteiger partial charge in [0, 0.05) is 18.3 Å². The van der Waals surface area contributed by atoms with Gasteiger partial charge >= 0.3 is 0 Å². The lowest BCUT2D eigenvalue weighted by molar-refractivity contribution is -0.123. The molecule has 3 nitrogen and oxygen atoms in total. The molecule has 2 N–H and O–H groups in total. The summed E-state index contributed by atoms with van der Waals surface area (Å²) in [6.07, 6.45) is 6.91. The molecule has 1 atom stereocenters. The third-order valence-corrected chi connectivity index (χ3v) is 3.46. The van der Waals surface area contributed by atoms with Crippen molar-refractivity contribution in [3.8, 4) is 0 Å². The molecule has 0 radical (unpaired) electrons. The van der Waals surface area contributed by atoms with Gasteiger partial charge in [0.25, 0.3) is 0 Å². The molecule has 1 aliphatic rings. The first-order valence-electron chi connectivity index (χ1n) is 5.76. The second-order valence-electron chi connectivity index (χ2n) is 4.16. The van der Waals surface area contributed by atoms with E-state index >= 15 is 0 Å². The standard InChI is InChI=1S/C11H22N2OS/c1-9(12-7-8-15-2)11(14)13-10-5-3-4-6-10/h9-10,12H,3-8H2,1-2H3,(H,13,14). The number of nitrogens with one attached hydrogen (secondary N) is 2. The normalized spacial score (nSPS) is 19.1. The molecule has 1 fully saturated rings. The van der Waals surface area contributed by atoms with Gasteiger partial charge in [0.2, 0.25) is 5.91 Å². The number of thioether (sulfide) groups is 1. The summed E-state index contributed by atoms with van der Waals surface area (Å²) in [5.41, 5.74) is 0. The average molecular weight is 230 g/mol. The molecule has 0 aromatic carbocycles.